The van der Waals surface area contributed by atoms with E-state index in [1.165, 1.54) is 0 Å². The molecule has 1 aliphatic rings. The number of aromatic nitrogens is 5. The van der Waals surface area contributed by atoms with Gasteiger partial charge in [-0.2, -0.15) is 4.98 Å². The topological polar surface area (TPSA) is 111 Å². The minimum absolute atomic E-state index is 0.215. The molecule has 0 amide bonds. The van der Waals surface area contributed by atoms with Gasteiger partial charge in [-0.25, -0.2) is 4.98 Å². The van der Waals surface area contributed by atoms with Gasteiger partial charge in [0, 0.05) is 26.7 Å². The minimum Gasteiger partial charge on any atom is -0.392 e. The summed E-state index contributed by atoms with van der Waals surface area (Å²) in [6, 6.07) is 5.51. The lowest BCUT2D eigenvalue weighted by Gasteiger charge is -2.30. The highest BCUT2D eigenvalue weighted by Crippen LogP contribution is 2.28. The van der Waals surface area contributed by atoms with E-state index in [1.807, 2.05) is 26.0 Å². The molecule has 4 heterocycles. The SMILES string of the molecule is COC(C)(C)c1nc(-c2ncn3c2c(=O)n(CCN2CCCC(O)C2)c2c(Cl)cccc23)no1. The fourth-order valence-corrected chi connectivity index (χ4v) is 4.71. The molecule has 180 valence electrons. The number of hydrogen-bond acceptors (Lipinski definition) is 8. The van der Waals surface area contributed by atoms with Crippen molar-refractivity contribution in [3.05, 3.63) is 45.8 Å². The van der Waals surface area contributed by atoms with E-state index in [2.05, 4.69) is 20.0 Å². The maximum atomic E-state index is 13.8. The van der Waals surface area contributed by atoms with E-state index in [0.717, 1.165) is 24.9 Å². The molecular formula is C23H27ClN6O4. The number of β-amino-alcohol motifs (C(OH)–C–C–N with tert-alkyl or cyclic N) is 1. The van der Waals surface area contributed by atoms with Crippen molar-refractivity contribution in [2.45, 2.75) is 44.9 Å². The number of nitrogens with zero attached hydrogens (tertiary/aromatic N) is 6. The number of likely N-dealkylation sites (tertiary alicyclic amines) is 1. The first-order valence-corrected chi connectivity index (χ1v) is 11.7. The van der Waals surface area contributed by atoms with E-state index in [-0.39, 0.29) is 17.5 Å². The van der Waals surface area contributed by atoms with Crippen molar-refractivity contribution in [1.29, 1.82) is 0 Å². The van der Waals surface area contributed by atoms with Crippen molar-refractivity contribution in [3.63, 3.8) is 0 Å². The average molecular weight is 487 g/mol. The molecule has 4 aromatic rings. The zero-order valence-electron chi connectivity index (χ0n) is 19.4. The highest BCUT2D eigenvalue weighted by Gasteiger charge is 2.29. The first kappa shape index (κ1) is 23.0. The minimum atomic E-state index is -0.778. The zero-order chi connectivity index (χ0) is 24.0. The van der Waals surface area contributed by atoms with Crippen LogP contribution in [0.4, 0.5) is 0 Å². The predicted octanol–water partition coefficient (Wildman–Crippen LogP) is 2.69. The van der Waals surface area contributed by atoms with Crippen molar-refractivity contribution in [2.24, 2.45) is 0 Å². The van der Waals surface area contributed by atoms with Crippen LogP contribution < -0.4 is 5.56 Å². The Morgan fingerprint density at radius 2 is 2.12 bits per heavy atom. The van der Waals surface area contributed by atoms with Gasteiger partial charge in [-0.3, -0.25) is 14.1 Å². The Hall–Kier alpha value is -2.79. The fourth-order valence-electron chi connectivity index (χ4n) is 4.43. The van der Waals surface area contributed by atoms with Gasteiger partial charge in [-0.05, 0) is 45.4 Å². The lowest BCUT2D eigenvalue weighted by Crippen LogP contribution is -2.41. The van der Waals surface area contributed by atoms with Crippen LogP contribution in [0.3, 0.4) is 0 Å². The largest absolute Gasteiger partial charge is 0.392 e. The Bertz CT molecular complexity index is 1410. The van der Waals surface area contributed by atoms with E-state index in [0.29, 0.717) is 47.3 Å². The molecule has 34 heavy (non-hydrogen) atoms. The van der Waals surface area contributed by atoms with Gasteiger partial charge >= 0.3 is 0 Å². The van der Waals surface area contributed by atoms with Crippen molar-refractivity contribution < 1.29 is 14.4 Å². The maximum Gasteiger partial charge on any atom is 0.277 e. The Balaban J connectivity index is 1.64. The third kappa shape index (κ3) is 3.90. The van der Waals surface area contributed by atoms with Crippen LogP contribution in [-0.4, -0.2) is 66.9 Å². The van der Waals surface area contributed by atoms with Gasteiger partial charge in [0.05, 0.1) is 22.2 Å². The van der Waals surface area contributed by atoms with E-state index < -0.39 is 5.60 Å². The third-order valence-electron chi connectivity index (χ3n) is 6.49. The van der Waals surface area contributed by atoms with E-state index in [9.17, 15) is 9.90 Å². The molecule has 0 saturated carbocycles. The molecule has 1 atom stereocenters. The number of aliphatic hydroxyl groups is 1. The molecule has 3 aromatic heterocycles. The van der Waals surface area contributed by atoms with E-state index >= 15 is 0 Å². The maximum absolute atomic E-state index is 13.8. The molecule has 1 saturated heterocycles. The molecule has 1 fully saturated rings. The zero-order valence-corrected chi connectivity index (χ0v) is 20.1. The highest BCUT2D eigenvalue weighted by molar-refractivity contribution is 6.35. The van der Waals surface area contributed by atoms with E-state index in [1.54, 1.807) is 28.5 Å². The summed E-state index contributed by atoms with van der Waals surface area (Å²) in [6.45, 7) is 6.15. The molecule has 1 N–H and O–H groups in total. The number of fused-ring (bicyclic) bond motifs is 3. The standard InChI is InChI=1S/C23H27ClN6O4/c1-23(2,33-3)22-26-20(27-34-22)17-19-21(32)29(11-10-28-9-5-6-14(31)12-28)18-15(24)7-4-8-16(18)30(19)13-25-17/h4,7-8,13-14,31H,5-6,9-12H2,1-3H3. The van der Waals surface area contributed by atoms with Crippen molar-refractivity contribution >= 4 is 28.2 Å². The number of methoxy groups -OCH3 is 1. The molecule has 10 nitrogen and oxygen atoms in total. The number of imidazole rings is 1. The molecule has 1 aliphatic heterocycles. The number of piperidine rings is 1. The normalized spacial score (nSPS) is 17.7. The molecule has 0 bridgehead atoms. The first-order chi connectivity index (χ1) is 16.3. The van der Waals surface area contributed by atoms with Crippen LogP contribution in [0.25, 0.3) is 28.1 Å². The second-order valence-electron chi connectivity index (χ2n) is 9.11. The Kier molecular flexibility index (Phi) is 5.93. The van der Waals surface area contributed by atoms with Gasteiger partial charge < -0.3 is 18.9 Å². The van der Waals surface area contributed by atoms with Crippen molar-refractivity contribution in [1.82, 2.24) is 29.0 Å². The lowest BCUT2D eigenvalue weighted by atomic mass is 10.1. The highest BCUT2D eigenvalue weighted by atomic mass is 35.5. The summed E-state index contributed by atoms with van der Waals surface area (Å²) < 4.78 is 14.2. The number of hydrogen-bond donors (Lipinski definition) is 1. The van der Waals surface area contributed by atoms with Gasteiger partial charge in [-0.1, -0.05) is 22.8 Å². The van der Waals surface area contributed by atoms with Gasteiger partial charge in [0.25, 0.3) is 11.4 Å². The third-order valence-corrected chi connectivity index (χ3v) is 6.80. The van der Waals surface area contributed by atoms with Crippen LogP contribution >= 0.6 is 11.6 Å². The molecule has 5 rings (SSSR count). The summed E-state index contributed by atoms with van der Waals surface area (Å²) in [5.41, 5.74) is 1.04. The number of para-hydroxylation sites is 1. The monoisotopic (exact) mass is 486 g/mol. The van der Waals surface area contributed by atoms with Crippen LogP contribution in [0, 0.1) is 0 Å². The van der Waals surface area contributed by atoms with Gasteiger partial charge in [0.2, 0.25) is 5.82 Å². The van der Waals surface area contributed by atoms with E-state index in [4.69, 9.17) is 20.9 Å². The summed E-state index contributed by atoms with van der Waals surface area (Å²) in [5, 5.41) is 14.6. The predicted molar refractivity (Wildman–Crippen MR) is 127 cm³/mol. The van der Waals surface area contributed by atoms with Crippen molar-refractivity contribution in [2.75, 3.05) is 26.7 Å². The summed E-state index contributed by atoms with van der Waals surface area (Å²) in [4.78, 5) is 24.9. The summed E-state index contributed by atoms with van der Waals surface area (Å²) in [7, 11) is 1.56. The van der Waals surface area contributed by atoms with Gasteiger partial charge in [0.15, 0.2) is 0 Å². The number of benzene rings is 1. The second-order valence-corrected chi connectivity index (χ2v) is 9.52. The van der Waals surface area contributed by atoms with Crippen LogP contribution in [0.2, 0.25) is 5.02 Å². The second kappa shape index (κ2) is 8.77. The number of halogens is 1. The molecule has 0 spiro atoms. The Labute approximate surface area is 200 Å². The number of aliphatic hydroxyl groups excluding tert-OH is 1. The first-order valence-electron chi connectivity index (χ1n) is 11.3. The summed E-state index contributed by atoms with van der Waals surface area (Å²) in [5.74, 6) is 0.505. The molecule has 0 aliphatic carbocycles. The molecule has 11 heteroatoms. The average Bonchev–Trinajstić information content (AvgIpc) is 3.47. The van der Waals surface area contributed by atoms with Crippen LogP contribution in [0.15, 0.2) is 33.8 Å². The molecule has 0 radical (unpaired) electrons. The summed E-state index contributed by atoms with van der Waals surface area (Å²) in [6.07, 6.45) is 2.98. The van der Waals surface area contributed by atoms with Crippen LogP contribution in [0.1, 0.15) is 32.6 Å². The quantitative estimate of drug-likeness (QED) is 0.443. The Morgan fingerprint density at radius 3 is 2.88 bits per heavy atom. The lowest BCUT2D eigenvalue weighted by molar-refractivity contribution is -0.00786. The van der Waals surface area contributed by atoms with Gasteiger partial charge in [0.1, 0.15) is 23.1 Å². The van der Waals surface area contributed by atoms with Crippen LogP contribution in [-0.2, 0) is 16.9 Å². The van der Waals surface area contributed by atoms with Crippen LogP contribution in [0.5, 0.6) is 0 Å². The molecular weight excluding hydrogens is 460 g/mol. The van der Waals surface area contributed by atoms with Gasteiger partial charge in [-0.15, -0.1) is 0 Å². The smallest absolute Gasteiger partial charge is 0.277 e. The number of rotatable bonds is 6. The number of ether oxygens (including phenoxy) is 1. The van der Waals surface area contributed by atoms with Crippen molar-refractivity contribution in [3.8, 4) is 11.5 Å². The molecule has 1 unspecified atom stereocenters. The fraction of sp³-hybridized carbons (Fsp3) is 0.478. The Morgan fingerprint density at radius 1 is 1.29 bits per heavy atom. The molecule has 1 aromatic carbocycles. The summed E-state index contributed by atoms with van der Waals surface area (Å²) >= 11 is 6.57.